The zero-order valence-electron chi connectivity index (χ0n) is 8.03. The summed E-state index contributed by atoms with van der Waals surface area (Å²) < 4.78 is 12.3. The molecule has 76 valence electrons. The van der Waals surface area contributed by atoms with Crippen LogP contribution in [0.15, 0.2) is 24.3 Å². The Morgan fingerprint density at radius 3 is 2.71 bits per heavy atom. The van der Waals surface area contributed by atoms with E-state index >= 15 is 0 Å². The van der Waals surface area contributed by atoms with E-state index in [1.165, 1.54) is 0 Å². The molecule has 1 N–H and O–H groups in total. The summed E-state index contributed by atoms with van der Waals surface area (Å²) in [4.78, 5) is 10.6. The molecule has 1 unspecified atom stereocenters. The van der Waals surface area contributed by atoms with Crippen molar-refractivity contribution < 1.29 is 14.3 Å². The van der Waals surface area contributed by atoms with E-state index in [1.54, 1.807) is 25.1 Å². The van der Waals surface area contributed by atoms with Gasteiger partial charge in [0.15, 0.2) is 0 Å². The number of hydrogen-bond donors (Lipinski definition) is 1. The normalized spacial score (nSPS) is 12.4. The molecule has 0 spiro atoms. The van der Waals surface area contributed by atoms with Gasteiger partial charge in [-0.1, -0.05) is 31.2 Å². The molecule has 3 heteroatoms. The summed E-state index contributed by atoms with van der Waals surface area (Å²) in [6.07, 6.45) is 0.448. The van der Waals surface area contributed by atoms with E-state index in [4.69, 9.17) is 5.11 Å². The van der Waals surface area contributed by atoms with Gasteiger partial charge in [-0.2, -0.15) is 0 Å². The number of benzene rings is 1. The van der Waals surface area contributed by atoms with Crippen molar-refractivity contribution in [1.29, 1.82) is 0 Å². The molecule has 14 heavy (non-hydrogen) atoms. The number of carboxylic acids is 1. The summed E-state index contributed by atoms with van der Waals surface area (Å²) in [5.41, 5.74) is 1.47. The van der Waals surface area contributed by atoms with Gasteiger partial charge in [0, 0.05) is 0 Å². The summed E-state index contributed by atoms with van der Waals surface area (Å²) in [7, 11) is 0. The van der Waals surface area contributed by atoms with E-state index in [0.717, 1.165) is 5.56 Å². The summed E-state index contributed by atoms with van der Waals surface area (Å²) in [5, 5.41) is 8.70. The number of halogens is 1. The third-order valence-corrected chi connectivity index (χ3v) is 2.11. The first kappa shape index (κ1) is 10.7. The molecular formula is C11H13FO2. The van der Waals surface area contributed by atoms with E-state index in [-0.39, 0.29) is 0 Å². The topological polar surface area (TPSA) is 37.3 Å². The lowest BCUT2D eigenvalue weighted by molar-refractivity contribution is -0.141. The quantitative estimate of drug-likeness (QED) is 0.802. The third kappa shape index (κ3) is 2.83. The minimum Gasteiger partial charge on any atom is -0.481 e. The van der Waals surface area contributed by atoms with Crippen molar-refractivity contribution in [3.05, 3.63) is 35.4 Å². The SMILES string of the molecule is CC(Cc1cccc(CF)c1)C(=O)O. The van der Waals surface area contributed by atoms with Crippen LogP contribution in [0.4, 0.5) is 4.39 Å². The predicted molar refractivity (Wildman–Crippen MR) is 51.8 cm³/mol. The molecule has 0 saturated heterocycles. The fourth-order valence-corrected chi connectivity index (χ4v) is 1.28. The molecule has 1 aromatic carbocycles. The van der Waals surface area contributed by atoms with Gasteiger partial charge >= 0.3 is 5.97 Å². The zero-order chi connectivity index (χ0) is 10.6. The number of hydrogen-bond acceptors (Lipinski definition) is 1. The monoisotopic (exact) mass is 196 g/mol. The van der Waals surface area contributed by atoms with E-state index in [9.17, 15) is 9.18 Å². The number of aliphatic carboxylic acids is 1. The van der Waals surface area contributed by atoms with Crippen molar-refractivity contribution in [3.63, 3.8) is 0 Å². The first-order chi connectivity index (χ1) is 6.63. The van der Waals surface area contributed by atoms with Gasteiger partial charge in [0.1, 0.15) is 6.67 Å². The van der Waals surface area contributed by atoms with Crippen molar-refractivity contribution in [2.45, 2.75) is 20.0 Å². The van der Waals surface area contributed by atoms with Gasteiger partial charge in [-0.25, -0.2) is 4.39 Å². The van der Waals surface area contributed by atoms with Gasteiger partial charge < -0.3 is 5.11 Å². The van der Waals surface area contributed by atoms with E-state index in [2.05, 4.69) is 0 Å². The third-order valence-electron chi connectivity index (χ3n) is 2.11. The second kappa shape index (κ2) is 4.74. The smallest absolute Gasteiger partial charge is 0.306 e. The Bertz CT molecular complexity index is 323. The Kier molecular flexibility index (Phi) is 3.63. The van der Waals surface area contributed by atoms with Gasteiger partial charge in [0.25, 0.3) is 0 Å². The highest BCUT2D eigenvalue weighted by Gasteiger charge is 2.11. The number of carbonyl (C=O) groups is 1. The minimum absolute atomic E-state index is 0.426. The summed E-state index contributed by atoms with van der Waals surface area (Å²) in [5.74, 6) is -1.25. The predicted octanol–water partition coefficient (Wildman–Crippen LogP) is 2.42. The van der Waals surface area contributed by atoms with E-state index < -0.39 is 18.6 Å². The van der Waals surface area contributed by atoms with Crippen LogP contribution in [0.2, 0.25) is 0 Å². The molecular weight excluding hydrogens is 183 g/mol. The molecule has 0 bridgehead atoms. The van der Waals surface area contributed by atoms with Crippen molar-refractivity contribution in [2.24, 2.45) is 5.92 Å². The first-order valence-corrected chi connectivity index (χ1v) is 4.50. The fourth-order valence-electron chi connectivity index (χ4n) is 1.28. The average Bonchev–Trinajstić information content (AvgIpc) is 2.18. The maximum absolute atomic E-state index is 12.3. The van der Waals surface area contributed by atoms with E-state index in [1.807, 2.05) is 6.07 Å². The largest absolute Gasteiger partial charge is 0.481 e. The highest BCUT2D eigenvalue weighted by molar-refractivity contribution is 5.69. The van der Waals surface area contributed by atoms with Crippen LogP contribution >= 0.6 is 0 Å². The highest BCUT2D eigenvalue weighted by Crippen LogP contribution is 2.11. The Morgan fingerprint density at radius 1 is 1.50 bits per heavy atom. The zero-order valence-corrected chi connectivity index (χ0v) is 8.03. The first-order valence-electron chi connectivity index (χ1n) is 4.50. The van der Waals surface area contributed by atoms with Gasteiger partial charge in [-0.05, 0) is 17.5 Å². The fraction of sp³-hybridized carbons (Fsp3) is 0.364. The summed E-state index contributed by atoms with van der Waals surface area (Å²) in [6, 6.07) is 6.96. The number of alkyl halides is 1. The average molecular weight is 196 g/mol. The molecule has 1 rings (SSSR count). The van der Waals surface area contributed by atoms with Crippen molar-refractivity contribution in [2.75, 3.05) is 0 Å². The van der Waals surface area contributed by atoms with Gasteiger partial charge in [0.05, 0.1) is 5.92 Å². The van der Waals surface area contributed by atoms with Crippen LogP contribution in [0, 0.1) is 5.92 Å². The maximum Gasteiger partial charge on any atom is 0.306 e. The van der Waals surface area contributed by atoms with Gasteiger partial charge in [0.2, 0.25) is 0 Å². The maximum atomic E-state index is 12.3. The van der Waals surface area contributed by atoms with Gasteiger partial charge in [-0.15, -0.1) is 0 Å². The molecule has 0 aliphatic heterocycles. The van der Waals surface area contributed by atoms with Crippen LogP contribution in [0.25, 0.3) is 0 Å². The standard InChI is InChI=1S/C11H13FO2/c1-8(11(13)14)5-9-3-2-4-10(6-9)7-12/h2-4,6,8H,5,7H2,1H3,(H,13,14). The molecule has 0 aliphatic rings. The lowest BCUT2D eigenvalue weighted by atomic mass is 10.00. The lowest BCUT2D eigenvalue weighted by Gasteiger charge is -2.06. The van der Waals surface area contributed by atoms with E-state index in [0.29, 0.717) is 12.0 Å². The molecule has 0 radical (unpaired) electrons. The molecule has 0 heterocycles. The van der Waals surface area contributed by atoms with Crippen LogP contribution in [0.3, 0.4) is 0 Å². The highest BCUT2D eigenvalue weighted by atomic mass is 19.1. The molecule has 0 saturated carbocycles. The number of carboxylic acid groups (broad SMARTS) is 1. The van der Waals surface area contributed by atoms with Crippen LogP contribution in [0.5, 0.6) is 0 Å². The molecule has 1 aromatic rings. The lowest BCUT2D eigenvalue weighted by Crippen LogP contribution is -2.12. The Hall–Kier alpha value is -1.38. The van der Waals surface area contributed by atoms with Gasteiger partial charge in [-0.3, -0.25) is 4.79 Å². The molecule has 0 fully saturated rings. The van der Waals surface area contributed by atoms with Crippen molar-refractivity contribution in [3.8, 4) is 0 Å². The molecule has 2 nitrogen and oxygen atoms in total. The molecule has 0 amide bonds. The van der Waals surface area contributed by atoms with Crippen LogP contribution in [0.1, 0.15) is 18.1 Å². The molecule has 0 aliphatic carbocycles. The van der Waals surface area contributed by atoms with Crippen molar-refractivity contribution >= 4 is 5.97 Å². The molecule has 1 atom stereocenters. The van der Waals surface area contributed by atoms with Crippen LogP contribution < -0.4 is 0 Å². The summed E-state index contributed by atoms with van der Waals surface area (Å²) >= 11 is 0. The summed E-state index contributed by atoms with van der Waals surface area (Å²) in [6.45, 7) is 1.14. The second-order valence-corrected chi connectivity index (χ2v) is 3.40. The molecule has 0 aromatic heterocycles. The van der Waals surface area contributed by atoms with Crippen LogP contribution in [-0.2, 0) is 17.9 Å². The Balaban J connectivity index is 2.71. The van der Waals surface area contributed by atoms with Crippen molar-refractivity contribution in [1.82, 2.24) is 0 Å². The second-order valence-electron chi connectivity index (χ2n) is 3.40. The minimum atomic E-state index is -0.823. The Morgan fingerprint density at radius 2 is 2.14 bits per heavy atom. The Labute approximate surface area is 82.4 Å². The number of rotatable bonds is 4. The van der Waals surface area contributed by atoms with Crippen LogP contribution in [-0.4, -0.2) is 11.1 Å².